The molecule has 104 valence electrons. The number of hydrogen-bond acceptors (Lipinski definition) is 3. The lowest BCUT2D eigenvalue weighted by Crippen LogP contribution is -2.36. The van der Waals surface area contributed by atoms with Crippen LogP contribution in [0, 0.1) is 17.8 Å². The highest BCUT2D eigenvalue weighted by Crippen LogP contribution is 2.37. The van der Waals surface area contributed by atoms with Gasteiger partial charge < -0.3 is 10.4 Å². The maximum Gasteiger partial charge on any atom is 0.307 e. The molecule has 1 saturated carbocycles. The SMILES string of the molecule is CC1C[C@H](C(=O)NC(C)c2cccs2)[C@H](C(=O)O)C1. The first-order valence-corrected chi connectivity index (χ1v) is 7.43. The lowest BCUT2D eigenvalue weighted by molar-refractivity contribution is -0.146. The van der Waals surface area contributed by atoms with E-state index in [1.54, 1.807) is 11.3 Å². The van der Waals surface area contributed by atoms with E-state index in [4.69, 9.17) is 0 Å². The first kappa shape index (κ1) is 14.1. The summed E-state index contributed by atoms with van der Waals surface area (Å²) in [5, 5.41) is 14.1. The Hall–Kier alpha value is -1.36. The molecule has 1 aliphatic rings. The zero-order valence-electron chi connectivity index (χ0n) is 11.1. The third kappa shape index (κ3) is 3.15. The van der Waals surface area contributed by atoms with Gasteiger partial charge in [-0.15, -0.1) is 11.3 Å². The number of carbonyl (C=O) groups is 2. The zero-order chi connectivity index (χ0) is 14.0. The monoisotopic (exact) mass is 281 g/mol. The fourth-order valence-electron chi connectivity index (χ4n) is 2.78. The maximum absolute atomic E-state index is 12.2. The summed E-state index contributed by atoms with van der Waals surface area (Å²) in [6.07, 6.45) is 1.26. The van der Waals surface area contributed by atoms with Crippen LogP contribution < -0.4 is 5.32 Å². The van der Waals surface area contributed by atoms with Gasteiger partial charge in [0.2, 0.25) is 5.91 Å². The Morgan fingerprint density at radius 1 is 1.42 bits per heavy atom. The number of nitrogens with one attached hydrogen (secondary N) is 1. The predicted octanol–water partition coefficient (Wildman–Crippen LogP) is 2.67. The summed E-state index contributed by atoms with van der Waals surface area (Å²) in [4.78, 5) is 24.5. The highest BCUT2D eigenvalue weighted by Gasteiger charge is 2.41. The fourth-order valence-corrected chi connectivity index (χ4v) is 3.52. The fraction of sp³-hybridized carbons (Fsp3) is 0.571. The van der Waals surface area contributed by atoms with Gasteiger partial charge in [0.05, 0.1) is 17.9 Å². The van der Waals surface area contributed by atoms with Crippen molar-refractivity contribution in [2.75, 3.05) is 0 Å². The van der Waals surface area contributed by atoms with E-state index in [0.29, 0.717) is 18.8 Å². The molecule has 0 spiro atoms. The number of thiophene rings is 1. The Morgan fingerprint density at radius 2 is 2.11 bits per heavy atom. The average Bonchev–Trinajstić information content (AvgIpc) is 2.96. The second-order valence-electron chi connectivity index (χ2n) is 5.37. The van der Waals surface area contributed by atoms with Gasteiger partial charge in [0.1, 0.15) is 0 Å². The average molecular weight is 281 g/mol. The van der Waals surface area contributed by atoms with Crippen LogP contribution in [0.15, 0.2) is 17.5 Å². The number of carboxylic acid groups (broad SMARTS) is 1. The van der Waals surface area contributed by atoms with Crippen LogP contribution in [0.5, 0.6) is 0 Å². The molecule has 4 nitrogen and oxygen atoms in total. The molecule has 1 fully saturated rings. The maximum atomic E-state index is 12.2. The summed E-state index contributed by atoms with van der Waals surface area (Å²) in [5.74, 6) is -1.61. The second kappa shape index (κ2) is 5.74. The standard InChI is InChI=1S/C14H19NO3S/c1-8-6-10(11(7-8)14(17)18)13(16)15-9(2)12-4-3-5-19-12/h3-5,8-11H,6-7H2,1-2H3,(H,15,16)(H,17,18)/t8?,9?,10-,11+/m0/s1. The van der Waals surface area contributed by atoms with Crippen molar-refractivity contribution >= 4 is 23.2 Å². The molecule has 1 aliphatic carbocycles. The quantitative estimate of drug-likeness (QED) is 0.891. The molecular formula is C14H19NO3S. The number of carbonyl (C=O) groups excluding carboxylic acids is 1. The first-order valence-electron chi connectivity index (χ1n) is 6.55. The Morgan fingerprint density at radius 3 is 2.68 bits per heavy atom. The van der Waals surface area contributed by atoms with Crippen molar-refractivity contribution in [2.45, 2.75) is 32.7 Å². The zero-order valence-corrected chi connectivity index (χ0v) is 11.9. The molecule has 0 saturated heterocycles. The highest BCUT2D eigenvalue weighted by molar-refractivity contribution is 7.10. The summed E-state index contributed by atoms with van der Waals surface area (Å²) < 4.78 is 0. The second-order valence-corrected chi connectivity index (χ2v) is 6.35. The van der Waals surface area contributed by atoms with E-state index in [1.807, 2.05) is 31.4 Å². The van der Waals surface area contributed by atoms with Crippen LogP contribution in [0.1, 0.15) is 37.6 Å². The van der Waals surface area contributed by atoms with Crippen molar-refractivity contribution in [1.82, 2.24) is 5.32 Å². The van der Waals surface area contributed by atoms with Crippen molar-refractivity contribution in [1.29, 1.82) is 0 Å². The van der Waals surface area contributed by atoms with Gasteiger partial charge in [-0.2, -0.15) is 0 Å². The minimum Gasteiger partial charge on any atom is -0.481 e. The van der Waals surface area contributed by atoms with Gasteiger partial charge in [0, 0.05) is 4.88 Å². The van der Waals surface area contributed by atoms with Gasteiger partial charge in [-0.05, 0) is 37.1 Å². The molecule has 2 unspecified atom stereocenters. The topological polar surface area (TPSA) is 66.4 Å². The molecule has 0 radical (unpaired) electrons. The van der Waals surface area contributed by atoms with E-state index in [-0.39, 0.29) is 11.9 Å². The first-order chi connectivity index (χ1) is 8.99. The molecule has 2 N–H and O–H groups in total. The Bertz CT molecular complexity index is 457. The Labute approximate surface area is 116 Å². The number of aliphatic carboxylic acids is 1. The molecule has 1 aromatic heterocycles. The molecule has 1 heterocycles. The Balaban J connectivity index is 2.01. The van der Waals surface area contributed by atoms with E-state index in [2.05, 4.69) is 5.32 Å². The van der Waals surface area contributed by atoms with Crippen molar-refractivity contribution in [2.24, 2.45) is 17.8 Å². The van der Waals surface area contributed by atoms with E-state index in [9.17, 15) is 14.7 Å². The third-order valence-corrected chi connectivity index (χ3v) is 4.84. The smallest absolute Gasteiger partial charge is 0.307 e. The van der Waals surface area contributed by atoms with Crippen molar-refractivity contribution in [3.05, 3.63) is 22.4 Å². The lowest BCUT2D eigenvalue weighted by atomic mass is 9.95. The minimum atomic E-state index is -0.853. The van der Waals surface area contributed by atoms with Crippen molar-refractivity contribution in [3.63, 3.8) is 0 Å². The van der Waals surface area contributed by atoms with Gasteiger partial charge >= 0.3 is 5.97 Å². The minimum absolute atomic E-state index is 0.0575. The number of carboxylic acids is 1. The molecule has 4 atom stereocenters. The van der Waals surface area contributed by atoms with Gasteiger partial charge in [0.25, 0.3) is 0 Å². The van der Waals surface area contributed by atoms with Gasteiger partial charge in [-0.3, -0.25) is 9.59 Å². The van der Waals surface area contributed by atoms with Crippen LogP contribution >= 0.6 is 11.3 Å². The molecule has 2 rings (SSSR count). The molecule has 5 heteroatoms. The molecule has 0 aliphatic heterocycles. The number of hydrogen-bond donors (Lipinski definition) is 2. The molecule has 0 bridgehead atoms. The summed E-state index contributed by atoms with van der Waals surface area (Å²) >= 11 is 1.59. The van der Waals surface area contributed by atoms with Crippen LogP contribution in [0.2, 0.25) is 0 Å². The number of amides is 1. The summed E-state index contributed by atoms with van der Waals surface area (Å²) in [6.45, 7) is 3.93. The van der Waals surface area contributed by atoms with Crippen LogP contribution in [-0.4, -0.2) is 17.0 Å². The van der Waals surface area contributed by atoms with Crippen LogP contribution in [0.3, 0.4) is 0 Å². The van der Waals surface area contributed by atoms with Crippen LogP contribution in [0.4, 0.5) is 0 Å². The largest absolute Gasteiger partial charge is 0.481 e. The molecule has 1 amide bonds. The molecule has 19 heavy (non-hydrogen) atoms. The lowest BCUT2D eigenvalue weighted by Gasteiger charge is -2.19. The van der Waals surface area contributed by atoms with E-state index in [0.717, 1.165) is 4.88 Å². The van der Waals surface area contributed by atoms with E-state index in [1.165, 1.54) is 0 Å². The van der Waals surface area contributed by atoms with E-state index < -0.39 is 17.8 Å². The van der Waals surface area contributed by atoms with Gasteiger partial charge in [-0.1, -0.05) is 13.0 Å². The molecular weight excluding hydrogens is 262 g/mol. The predicted molar refractivity (Wildman–Crippen MR) is 73.9 cm³/mol. The van der Waals surface area contributed by atoms with Gasteiger partial charge in [0.15, 0.2) is 0 Å². The van der Waals surface area contributed by atoms with E-state index >= 15 is 0 Å². The van der Waals surface area contributed by atoms with Crippen molar-refractivity contribution in [3.8, 4) is 0 Å². The highest BCUT2D eigenvalue weighted by atomic mass is 32.1. The Kier molecular flexibility index (Phi) is 4.24. The molecule has 0 aromatic carbocycles. The summed E-state index contributed by atoms with van der Waals surface area (Å²) in [6, 6.07) is 3.86. The normalized spacial score (nSPS) is 28.0. The van der Waals surface area contributed by atoms with Crippen molar-refractivity contribution < 1.29 is 14.7 Å². The molecule has 1 aromatic rings. The van der Waals surface area contributed by atoms with Gasteiger partial charge in [-0.25, -0.2) is 0 Å². The summed E-state index contributed by atoms with van der Waals surface area (Å²) in [5.41, 5.74) is 0. The van der Waals surface area contributed by atoms with Crippen LogP contribution in [0.25, 0.3) is 0 Å². The number of rotatable bonds is 4. The summed E-state index contributed by atoms with van der Waals surface area (Å²) in [7, 11) is 0. The van der Waals surface area contributed by atoms with Crippen LogP contribution in [-0.2, 0) is 9.59 Å². The third-order valence-electron chi connectivity index (χ3n) is 3.78.